The minimum atomic E-state index is -0.118. The molecule has 2 aromatic carbocycles. The average Bonchev–Trinajstić information content (AvgIpc) is 3.11. The van der Waals surface area contributed by atoms with Gasteiger partial charge in [-0.1, -0.05) is 24.3 Å². The number of aromatic nitrogens is 1. The second-order valence-electron chi connectivity index (χ2n) is 5.12. The largest absolute Gasteiger partial charge is 0.508 e. The number of phenols is 1. The van der Waals surface area contributed by atoms with Crippen LogP contribution in [0.4, 0.5) is 0 Å². The Hall–Kier alpha value is -3.08. The lowest BCUT2D eigenvalue weighted by molar-refractivity contribution is 0.0954. The van der Waals surface area contributed by atoms with Crippen LogP contribution in [0.5, 0.6) is 5.75 Å². The van der Waals surface area contributed by atoms with Crippen molar-refractivity contribution >= 4 is 5.91 Å². The van der Waals surface area contributed by atoms with Crippen LogP contribution in [0.25, 0.3) is 11.3 Å². The Morgan fingerprint density at radius 3 is 2.48 bits per heavy atom. The van der Waals surface area contributed by atoms with E-state index in [1.54, 1.807) is 30.5 Å². The zero-order valence-corrected chi connectivity index (χ0v) is 12.4. The lowest BCUT2D eigenvalue weighted by atomic mass is 10.1. The van der Waals surface area contributed by atoms with Crippen LogP contribution in [-0.2, 0) is 6.42 Å². The van der Waals surface area contributed by atoms with Crippen molar-refractivity contribution in [2.24, 2.45) is 0 Å². The molecule has 23 heavy (non-hydrogen) atoms. The van der Waals surface area contributed by atoms with Gasteiger partial charge >= 0.3 is 0 Å². The van der Waals surface area contributed by atoms with E-state index in [0.717, 1.165) is 11.1 Å². The van der Waals surface area contributed by atoms with Crippen molar-refractivity contribution in [3.63, 3.8) is 0 Å². The van der Waals surface area contributed by atoms with E-state index in [-0.39, 0.29) is 11.7 Å². The molecule has 0 saturated heterocycles. The van der Waals surface area contributed by atoms with Crippen LogP contribution in [0.1, 0.15) is 15.9 Å². The summed E-state index contributed by atoms with van der Waals surface area (Å²) in [6, 6.07) is 14.1. The highest BCUT2D eigenvalue weighted by atomic mass is 16.3. The molecular formula is C18H16N2O3. The Balaban J connectivity index is 1.55. The third kappa shape index (κ3) is 3.77. The molecule has 1 aromatic heterocycles. The normalized spacial score (nSPS) is 10.4. The molecule has 3 rings (SSSR count). The highest BCUT2D eigenvalue weighted by molar-refractivity contribution is 5.94. The maximum atomic E-state index is 12.1. The molecule has 5 nitrogen and oxygen atoms in total. The number of nitrogens with one attached hydrogen (secondary N) is 1. The molecule has 0 aliphatic heterocycles. The van der Waals surface area contributed by atoms with Gasteiger partial charge in [0.05, 0.1) is 6.20 Å². The first-order valence-corrected chi connectivity index (χ1v) is 7.27. The number of carbonyl (C=O) groups is 1. The van der Waals surface area contributed by atoms with E-state index in [0.29, 0.717) is 24.3 Å². The molecule has 116 valence electrons. The fraction of sp³-hybridized carbons (Fsp3) is 0.111. The van der Waals surface area contributed by atoms with E-state index >= 15 is 0 Å². The smallest absolute Gasteiger partial charge is 0.251 e. The summed E-state index contributed by atoms with van der Waals surface area (Å²) in [5.41, 5.74) is 2.53. The molecule has 0 unspecified atom stereocenters. The van der Waals surface area contributed by atoms with Gasteiger partial charge in [0.25, 0.3) is 5.91 Å². The monoisotopic (exact) mass is 308 g/mol. The van der Waals surface area contributed by atoms with Crippen molar-refractivity contribution < 1.29 is 14.3 Å². The van der Waals surface area contributed by atoms with Gasteiger partial charge < -0.3 is 14.8 Å². The number of hydrogen-bond acceptors (Lipinski definition) is 4. The molecule has 3 aromatic rings. The predicted molar refractivity (Wildman–Crippen MR) is 86.1 cm³/mol. The number of aromatic hydroxyl groups is 1. The van der Waals surface area contributed by atoms with E-state index in [1.165, 1.54) is 6.39 Å². The summed E-state index contributed by atoms with van der Waals surface area (Å²) in [5.74, 6) is 0.793. The second kappa shape index (κ2) is 6.79. The molecule has 0 radical (unpaired) electrons. The topological polar surface area (TPSA) is 75.4 Å². The fourth-order valence-corrected chi connectivity index (χ4v) is 2.23. The van der Waals surface area contributed by atoms with E-state index in [1.807, 2.05) is 24.3 Å². The quantitative estimate of drug-likeness (QED) is 0.759. The van der Waals surface area contributed by atoms with Gasteiger partial charge in [-0.25, -0.2) is 4.98 Å². The number of hydrogen-bond donors (Lipinski definition) is 2. The Bertz CT molecular complexity index is 763. The molecule has 0 saturated carbocycles. The summed E-state index contributed by atoms with van der Waals surface area (Å²) in [5, 5.41) is 12.1. The first-order valence-electron chi connectivity index (χ1n) is 7.27. The van der Waals surface area contributed by atoms with Crippen molar-refractivity contribution in [1.82, 2.24) is 10.3 Å². The summed E-state index contributed by atoms with van der Waals surface area (Å²) < 4.78 is 5.21. The summed E-state index contributed by atoms with van der Waals surface area (Å²) in [6.45, 7) is 0.535. The SMILES string of the molecule is O=C(NCCc1ccc(O)cc1)c1ccc(-c2cnco2)cc1. The van der Waals surface area contributed by atoms with Gasteiger partial charge in [-0.15, -0.1) is 0 Å². The Morgan fingerprint density at radius 2 is 1.83 bits per heavy atom. The zero-order chi connectivity index (χ0) is 16.1. The standard InChI is InChI=1S/C18H16N2O3/c21-16-7-1-13(2-8-16)9-10-20-18(22)15-5-3-14(4-6-15)17-11-19-12-23-17/h1-8,11-12,21H,9-10H2,(H,20,22). The second-order valence-corrected chi connectivity index (χ2v) is 5.12. The number of carbonyl (C=O) groups excluding carboxylic acids is 1. The third-order valence-corrected chi connectivity index (χ3v) is 3.50. The first kappa shape index (κ1) is 14.8. The van der Waals surface area contributed by atoms with Crippen LogP contribution in [-0.4, -0.2) is 22.5 Å². The third-order valence-electron chi connectivity index (χ3n) is 3.50. The number of rotatable bonds is 5. The highest BCUT2D eigenvalue weighted by Gasteiger charge is 2.07. The van der Waals surface area contributed by atoms with Crippen LogP contribution in [0.2, 0.25) is 0 Å². The molecule has 0 aliphatic carbocycles. The fourth-order valence-electron chi connectivity index (χ4n) is 2.23. The van der Waals surface area contributed by atoms with Gasteiger partial charge in [0.1, 0.15) is 5.75 Å². The predicted octanol–water partition coefficient (Wildman–Crippen LogP) is 3.02. The molecule has 0 fully saturated rings. The van der Waals surface area contributed by atoms with Crippen LogP contribution in [0, 0.1) is 0 Å². The number of benzene rings is 2. The van der Waals surface area contributed by atoms with E-state index in [4.69, 9.17) is 4.42 Å². The van der Waals surface area contributed by atoms with E-state index in [2.05, 4.69) is 10.3 Å². The van der Waals surface area contributed by atoms with Gasteiger partial charge in [-0.05, 0) is 36.2 Å². The average molecular weight is 308 g/mol. The van der Waals surface area contributed by atoms with Gasteiger partial charge in [0.15, 0.2) is 12.2 Å². The maximum Gasteiger partial charge on any atom is 0.251 e. The molecule has 0 bridgehead atoms. The Kier molecular flexibility index (Phi) is 4.38. The molecule has 0 aliphatic rings. The number of oxazole rings is 1. The van der Waals surface area contributed by atoms with Gasteiger partial charge in [0.2, 0.25) is 0 Å². The lowest BCUT2D eigenvalue weighted by Crippen LogP contribution is -2.25. The molecule has 0 spiro atoms. The Labute approximate surface area is 133 Å². The lowest BCUT2D eigenvalue weighted by Gasteiger charge is -2.06. The Morgan fingerprint density at radius 1 is 1.09 bits per heavy atom. The van der Waals surface area contributed by atoms with E-state index < -0.39 is 0 Å². The number of phenolic OH excluding ortho intramolecular Hbond substituents is 1. The van der Waals surface area contributed by atoms with Crippen LogP contribution >= 0.6 is 0 Å². The van der Waals surface area contributed by atoms with Crippen LogP contribution < -0.4 is 5.32 Å². The maximum absolute atomic E-state index is 12.1. The molecule has 0 atom stereocenters. The van der Waals surface area contributed by atoms with Gasteiger partial charge in [0, 0.05) is 17.7 Å². The molecule has 5 heteroatoms. The summed E-state index contributed by atoms with van der Waals surface area (Å²) >= 11 is 0. The number of amides is 1. The number of nitrogens with zero attached hydrogens (tertiary/aromatic N) is 1. The van der Waals surface area contributed by atoms with Crippen molar-refractivity contribution in [3.8, 4) is 17.1 Å². The first-order chi connectivity index (χ1) is 11.2. The zero-order valence-electron chi connectivity index (χ0n) is 12.4. The molecular weight excluding hydrogens is 292 g/mol. The van der Waals surface area contributed by atoms with Gasteiger partial charge in [-0.3, -0.25) is 4.79 Å². The molecule has 1 amide bonds. The summed E-state index contributed by atoms with van der Waals surface area (Å²) in [6.07, 6.45) is 3.72. The van der Waals surface area contributed by atoms with Crippen LogP contribution in [0.15, 0.2) is 65.5 Å². The van der Waals surface area contributed by atoms with Gasteiger partial charge in [-0.2, -0.15) is 0 Å². The minimum absolute atomic E-state index is 0.118. The summed E-state index contributed by atoms with van der Waals surface area (Å²) in [7, 11) is 0. The van der Waals surface area contributed by atoms with Crippen molar-refractivity contribution in [3.05, 3.63) is 72.2 Å². The molecule has 1 heterocycles. The van der Waals surface area contributed by atoms with Crippen LogP contribution in [0.3, 0.4) is 0 Å². The van der Waals surface area contributed by atoms with Crippen molar-refractivity contribution in [2.45, 2.75) is 6.42 Å². The molecule has 2 N–H and O–H groups in total. The van der Waals surface area contributed by atoms with E-state index in [9.17, 15) is 9.90 Å². The van der Waals surface area contributed by atoms with Crippen molar-refractivity contribution in [2.75, 3.05) is 6.54 Å². The minimum Gasteiger partial charge on any atom is -0.508 e. The van der Waals surface area contributed by atoms with Crippen molar-refractivity contribution in [1.29, 1.82) is 0 Å². The summed E-state index contributed by atoms with van der Waals surface area (Å²) in [4.78, 5) is 16.0. The highest BCUT2D eigenvalue weighted by Crippen LogP contribution is 2.18.